The molecule has 6 heteroatoms. The van der Waals surface area contributed by atoms with Crippen LogP contribution in [0.15, 0.2) is 12.3 Å². The first-order valence-corrected chi connectivity index (χ1v) is 6.02. The fourth-order valence-corrected chi connectivity index (χ4v) is 2.15. The van der Waals surface area contributed by atoms with Crippen LogP contribution in [0.2, 0.25) is 0 Å². The molecule has 0 spiro atoms. The summed E-state index contributed by atoms with van der Waals surface area (Å²) in [6, 6.07) is 2.07. The Morgan fingerprint density at radius 3 is 3.06 bits per heavy atom. The van der Waals surface area contributed by atoms with Gasteiger partial charge in [0.15, 0.2) is 0 Å². The van der Waals surface area contributed by atoms with Crippen molar-refractivity contribution in [2.75, 3.05) is 12.4 Å². The molecule has 17 heavy (non-hydrogen) atoms. The van der Waals surface area contributed by atoms with Crippen molar-refractivity contribution >= 4 is 23.2 Å². The van der Waals surface area contributed by atoms with Gasteiger partial charge < -0.3 is 15.8 Å². The number of nitrogens with two attached hydrogens (primary N) is 1. The van der Waals surface area contributed by atoms with E-state index in [1.54, 1.807) is 19.4 Å². The van der Waals surface area contributed by atoms with Crippen molar-refractivity contribution in [2.45, 2.75) is 31.4 Å². The van der Waals surface area contributed by atoms with Crippen LogP contribution in [0.5, 0.6) is 0 Å². The van der Waals surface area contributed by atoms with Gasteiger partial charge in [0.1, 0.15) is 10.7 Å². The standard InChI is InChI=1S/C11H16N4OS/c1-16-8-3-2-7(6-8)14-11-13-5-4-9(15-11)10(12)17/h4-5,7-8H,2-3,6H2,1H3,(H2,12,17)(H,13,14,15). The minimum atomic E-state index is 0.289. The summed E-state index contributed by atoms with van der Waals surface area (Å²) in [4.78, 5) is 8.70. The van der Waals surface area contributed by atoms with E-state index in [0.29, 0.717) is 23.8 Å². The van der Waals surface area contributed by atoms with E-state index in [0.717, 1.165) is 19.3 Å². The fourth-order valence-electron chi connectivity index (χ4n) is 2.03. The molecule has 1 aromatic heterocycles. The van der Waals surface area contributed by atoms with Crippen LogP contribution in [0.1, 0.15) is 25.0 Å². The zero-order chi connectivity index (χ0) is 12.3. The van der Waals surface area contributed by atoms with Crippen LogP contribution in [0, 0.1) is 0 Å². The summed E-state index contributed by atoms with van der Waals surface area (Å²) in [5, 5.41) is 3.28. The summed E-state index contributed by atoms with van der Waals surface area (Å²) in [6.45, 7) is 0. The molecule has 0 bridgehead atoms. The molecule has 3 N–H and O–H groups in total. The second-order valence-corrected chi connectivity index (χ2v) is 4.58. The van der Waals surface area contributed by atoms with Crippen molar-refractivity contribution in [2.24, 2.45) is 5.73 Å². The highest BCUT2D eigenvalue weighted by Gasteiger charge is 2.24. The number of thiocarbonyl (C=S) groups is 1. The van der Waals surface area contributed by atoms with Crippen molar-refractivity contribution in [3.8, 4) is 0 Å². The zero-order valence-corrected chi connectivity index (χ0v) is 10.5. The van der Waals surface area contributed by atoms with Crippen LogP contribution in [-0.4, -0.2) is 34.2 Å². The average Bonchev–Trinajstić information content (AvgIpc) is 2.77. The SMILES string of the molecule is COC1CCC(Nc2nccc(C(N)=S)n2)C1. The second-order valence-electron chi connectivity index (χ2n) is 4.14. The lowest BCUT2D eigenvalue weighted by Crippen LogP contribution is -2.20. The number of nitrogens with zero attached hydrogens (tertiary/aromatic N) is 2. The summed E-state index contributed by atoms with van der Waals surface area (Å²) in [5.74, 6) is 0.581. The lowest BCUT2D eigenvalue weighted by Gasteiger charge is -2.12. The topological polar surface area (TPSA) is 73.1 Å². The van der Waals surface area contributed by atoms with E-state index in [-0.39, 0.29) is 4.99 Å². The van der Waals surface area contributed by atoms with Gasteiger partial charge >= 0.3 is 0 Å². The van der Waals surface area contributed by atoms with Crippen LogP contribution in [0.3, 0.4) is 0 Å². The molecule has 1 aliphatic carbocycles. The maximum atomic E-state index is 5.53. The Labute approximate surface area is 106 Å². The number of ether oxygens (including phenoxy) is 1. The minimum Gasteiger partial charge on any atom is -0.388 e. The Balaban J connectivity index is 1.99. The largest absolute Gasteiger partial charge is 0.388 e. The van der Waals surface area contributed by atoms with Gasteiger partial charge in [-0.2, -0.15) is 0 Å². The van der Waals surface area contributed by atoms with E-state index < -0.39 is 0 Å². The van der Waals surface area contributed by atoms with Gasteiger partial charge in [-0.15, -0.1) is 0 Å². The average molecular weight is 252 g/mol. The van der Waals surface area contributed by atoms with E-state index in [4.69, 9.17) is 22.7 Å². The molecule has 0 aliphatic heterocycles. The predicted octanol–water partition coefficient (Wildman–Crippen LogP) is 1.09. The highest BCUT2D eigenvalue weighted by molar-refractivity contribution is 7.80. The molecule has 5 nitrogen and oxygen atoms in total. The van der Waals surface area contributed by atoms with Gasteiger partial charge in [0.2, 0.25) is 5.95 Å². The van der Waals surface area contributed by atoms with Crippen LogP contribution < -0.4 is 11.1 Å². The number of anilines is 1. The van der Waals surface area contributed by atoms with Gasteiger partial charge in [-0.25, -0.2) is 9.97 Å². The summed E-state index contributed by atoms with van der Waals surface area (Å²) in [6.07, 6.45) is 5.12. The Bertz CT molecular complexity index is 412. The Hall–Kier alpha value is -1.27. The van der Waals surface area contributed by atoms with Gasteiger partial charge in [-0.1, -0.05) is 12.2 Å². The summed E-state index contributed by atoms with van der Waals surface area (Å²) in [7, 11) is 1.75. The molecule has 2 unspecified atom stereocenters. The van der Waals surface area contributed by atoms with Crippen LogP contribution in [0.25, 0.3) is 0 Å². The molecule has 1 aromatic rings. The molecule has 1 fully saturated rings. The van der Waals surface area contributed by atoms with Crippen molar-refractivity contribution in [3.63, 3.8) is 0 Å². The van der Waals surface area contributed by atoms with Gasteiger partial charge in [0, 0.05) is 19.3 Å². The Morgan fingerprint density at radius 1 is 1.59 bits per heavy atom. The van der Waals surface area contributed by atoms with Gasteiger partial charge in [-0.3, -0.25) is 0 Å². The normalized spacial score (nSPS) is 23.6. The van der Waals surface area contributed by atoms with Crippen molar-refractivity contribution in [1.29, 1.82) is 0 Å². The predicted molar refractivity (Wildman–Crippen MR) is 70.0 cm³/mol. The highest BCUT2D eigenvalue weighted by Crippen LogP contribution is 2.23. The molecule has 2 rings (SSSR count). The van der Waals surface area contributed by atoms with E-state index in [1.165, 1.54) is 0 Å². The lowest BCUT2D eigenvalue weighted by atomic mass is 10.2. The molecule has 1 heterocycles. The third-order valence-electron chi connectivity index (χ3n) is 2.96. The van der Waals surface area contributed by atoms with Crippen LogP contribution in [-0.2, 0) is 4.74 Å². The van der Waals surface area contributed by atoms with Crippen LogP contribution >= 0.6 is 12.2 Å². The van der Waals surface area contributed by atoms with Crippen molar-refractivity contribution < 1.29 is 4.74 Å². The molecule has 0 radical (unpaired) electrons. The molecule has 0 aromatic carbocycles. The molecule has 92 valence electrons. The first-order valence-electron chi connectivity index (χ1n) is 5.61. The Morgan fingerprint density at radius 2 is 2.41 bits per heavy atom. The fraction of sp³-hybridized carbons (Fsp3) is 0.545. The van der Waals surface area contributed by atoms with E-state index in [2.05, 4.69) is 15.3 Å². The van der Waals surface area contributed by atoms with Gasteiger partial charge in [0.05, 0.1) is 6.10 Å². The quantitative estimate of drug-likeness (QED) is 0.782. The summed E-state index contributed by atoms with van der Waals surface area (Å²) >= 11 is 4.88. The maximum absolute atomic E-state index is 5.53. The molecule has 1 saturated carbocycles. The molecule has 0 saturated heterocycles. The van der Waals surface area contributed by atoms with E-state index in [9.17, 15) is 0 Å². The third kappa shape index (κ3) is 3.10. The molecule has 1 aliphatic rings. The number of aromatic nitrogens is 2. The smallest absolute Gasteiger partial charge is 0.223 e. The number of nitrogens with one attached hydrogen (secondary N) is 1. The summed E-state index contributed by atoms with van der Waals surface area (Å²) < 4.78 is 5.32. The van der Waals surface area contributed by atoms with Crippen molar-refractivity contribution in [1.82, 2.24) is 9.97 Å². The molecule has 2 atom stereocenters. The number of methoxy groups -OCH3 is 1. The van der Waals surface area contributed by atoms with Gasteiger partial charge in [0.25, 0.3) is 0 Å². The van der Waals surface area contributed by atoms with E-state index in [1.807, 2.05) is 0 Å². The third-order valence-corrected chi connectivity index (χ3v) is 3.17. The minimum absolute atomic E-state index is 0.289. The first-order chi connectivity index (χ1) is 8.19. The number of hydrogen-bond acceptors (Lipinski definition) is 5. The highest BCUT2D eigenvalue weighted by atomic mass is 32.1. The van der Waals surface area contributed by atoms with Crippen LogP contribution in [0.4, 0.5) is 5.95 Å². The monoisotopic (exact) mass is 252 g/mol. The first kappa shape index (κ1) is 12.2. The Kier molecular flexibility index (Phi) is 3.86. The van der Waals surface area contributed by atoms with Crippen molar-refractivity contribution in [3.05, 3.63) is 18.0 Å². The number of rotatable bonds is 4. The molecule has 0 amide bonds. The maximum Gasteiger partial charge on any atom is 0.223 e. The zero-order valence-electron chi connectivity index (χ0n) is 9.72. The lowest BCUT2D eigenvalue weighted by molar-refractivity contribution is 0.108. The number of hydrogen-bond donors (Lipinski definition) is 2. The van der Waals surface area contributed by atoms with E-state index >= 15 is 0 Å². The second kappa shape index (κ2) is 5.37. The molecular formula is C11H16N4OS. The molecular weight excluding hydrogens is 236 g/mol. The van der Waals surface area contributed by atoms with Gasteiger partial charge in [-0.05, 0) is 25.3 Å². The summed E-state index contributed by atoms with van der Waals surface area (Å²) in [5.41, 5.74) is 6.12.